The lowest BCUT2D eigenvalue weighted by atomic mass is 9.99. The maximum Gasteiger partial charge on any atom is 0.407 e. The number of aliphatic hydroxyl groups is 1. The minimum atomic E-state index is -1.82. The number of para-hydroxylation sites is 2. The zero-order valence-corrected chi connectivity index (χ0v) is 87.8. The van der Waals surface area contributed by atoms with E-state index in [0.717, 1.165) is 71.4 Å². The molecule has 19 N–H and O–H groups in total. The van der Waals surface area contributed by atoms with Crippen LogP contribution in [0.1, 0.15) is 220 Å². The Morgan fingerprint density at radius 2 is 1.11 bits per heavy atom. The van der Waals surface area contributed by atoms with E-state index in [9.17, 15) is 53.4 Å². The SMILES string of the molecule is CCCCCCCCCCCCOC(=O)NC[C@@H]1NC(=O)[C@@H]2CCCN2C(=O)[C@H](CC(N)=O)NC(=O)[C@H](C)N(C)C(=O)[C@H](Cc2ccc(O)cc2)NC(=O)CSC[C@@H](C(=O)NCC(N)=O)NC(=O)[C@H](CC(C)C)NC(=O)[C@H](CCCC)N(C)C(=O)[C@H](CCCC)N(C)C(=O)[C@@H]2Cc3cn(c4ccccc34)CC(=O)NCC[C@H](NC(=O)[C@H](Cc3c[nH]c4ccccc34)NC(=O)[C@@H]3C[C@@H](O)CN3C(=O)[C@H](CC(C)C)NC1=O)C(=O)N2. The number of amides is 19. The van der Waals surface area contributed by atoms with E-state index in [4.69, 9.17) is 16.2 Å². The lowest BCUT2D eigenvalue weighted by Gasteiger charge is -2.36. The van der Waals surface area contributed by atoms with Crippen LogP contribution in [-0.4, -0.2) is 319 Å². The minimum absolute atomic E-state index is 0.0130. The highest BCUT2D eigenvalue weighted by Crippen LogP contribution is 2.30. The van der Waals surface area contributed by atoms with E-state index in [-0.39, 0.29) is 102 Å². The maximum atomic E-state index is 16.1. The standard InChI is InChI=1S/C104H153N21O22S/c1-12-15-18-19-20-21-22-23-24-29-45-147-104(146)110-54-79-95(137)116-75(47-62(6)7)102(144)125-57-68(127)51-85(125)98(140)114-74(49-65-53-108-71-33-27-25-31-69(65)71)94(136)112-72-42-43-107-88(130)58-123-56-66(70-32-26-28-36-81(70)123)50-77(117-92(72)134)100(142)122(11)84(35-17-14-3)103(145)121(10)82(34-16-13-2)96(138)113-73(46-61(4)5)93(135)119-80(91(133)109-55-87(106)129)59-148-60-89(131)111-76(48-64-38-40-67(126)41-39-64)99(141)120(9)63(8)90(132)115-78(52-86(105)128)101(143)124-44-30-37-83(124)97(139)118-79/h25-28,31-33,36,38-41,53,56,61-63,68,72-80,82-85,108,126-127H,12-24,29-30,34-35,37,42-52,54-55,57-60H2,1-11H3,(H2,105,128)(H2,106,129)(H,107,130)(H,109,133)(H,110,146)(H,111,131)(H,112,136)(H,113,138)(H,114,140)(H,115,132)(H,116,137)(H,117,134)(H,118,139)(H,119,135)/t63-,68+,72-,73-,74-,75-,76-,77-,78-,79-,80-,82-,83-,84-,85-/m0/s1. The number of aromatic hydroxyl groups is 1. The van der Waals surface area contributed by atoms with Gasteiger partial charge in [-0.25, -0.2) is 4.79 Å². The van der Waals surface area contributed by atoms with Gasteiger partial charge in [-0.3, -0.25) is 86.3 Å². The van der Waals surface area contributed by atoms with E-state index in [1.54, 1.807) is 93.2 Å². The molecule has 44 heteroatoms. The largest absolute Gasteiger partial charge is 0.508 e. The summed E-state index contributed by atoms with van der Waals surface area (Å²) < 4.78 is 7.25. The number of aliphatic hydroxyl groups excluding tert-OH is 1. The van der Waals surface area contributed by atoms with Crippen LogP contribution in [0.3, 0.4) is 0 Å². The summed E-state index contributed by atoms with van der Waals surface area (Å²) in [6, 6.07) is -2.13. The van der Waals surface area contributed by atoms with Gasteiger partial charge in [0.2, 0.25) is 106 Å². The van der Waals surface area contributed by atoms with Crippen molar-refractivity contribution in [2.24, 2.45) is 23.3 Å². The van der Waals surface area contributed by atoms with Crippen LogP contribution < -0.4 is 75.3 Å². The number of nitrogens with zero attached hydrogens (tertiary/aromatic N) is 6. The Kier molecular flexibility index (Phi) is 46.6. The molecule has 0 saturated carbocycles. The first-order chi connectivity index (χ1) is 70.6. The fraction of sp³-hybridized carbons (Fsp3) is 0.606. The Morgan fingerprint density at radius 1 is 0.527 bits per heavy atom. The molecule has 6 heterocycles. The molecule has 812 valence electrons. The number of carbonyl (C=O) groups excluding carboxylic acids is 19. The Bertz CT molecular complexity index is 5440. The van der Waals surface area contributed by atoms with Crippen LogP contribution in [0.25, 0.3) is 21.8 Å². The van der Waals surface area contributed by atoms with E-state index in [2.05, 4.69) is 75.7 Å². The highest BCUT2D eigenvalue weighted by atomic mass is 32.2. The van der Waals surface area contributed by atoms with Gasteiger partial charge in [-0.15, -0.1) is 11.8 Å². The molecule has 0 radical (unpaired) electrons. The van der Waals surface area contributed by atoms with Crippen LogP contribution >= 0.6 is 11.8 Å². The highest BCUT2D eigenvalue weighted by molar-refractivity contribution is 8.00. The van der Waals surface area contributed by atoms with Crippen molar-refractivity contribution < 1.29 is 106 Å². The Morgan fingerprint density at radius 3 is 1.78 bits per heavy atom. The predicted molar refractivity (Wildman–Crippen MR) is 553 cm³/mol. The van der Waals surface area contributed by atoms with Crippen LogP contribution in [0.5, 0.6) is 5.75 Å². The van der Waals surface area contributed by atoms with Gasteiger partial charge >= 0.3 is 6.09 Å². The van der Waals surface area contributed by atoms with E-state index >= 15 is 47.9 Å². The van der Waals surface area contributed by atoms with Crippen molar-refractivity contribution in [1.29, 1.82) is 0 Å². The number of benzene rings is 3. The lowest BCUT2D eigenvalue weighted by Crippen LogP contribution is -2.62. The van der Waals surface area contributed by atoms with E-state index in [0.29, 0.717) is 70.6 Å². The van der Waals surface area contributed by atoms with Crippen LogP contribution in [-0.2, 0) is 117 Å². The first-order valence-electron chi connectivity index (χ1n) is 51.9. The smallest absolute Gasteiger partial charge is 0.407 e. The third-order valence-corrected chi connectivity index (χ3v) is 28.4. The van der Waals surface area contributed by atoms with Crippen molar-refractivity contribution in [2.45, 2.75) is 320 Å². The number of aromatic nitrogens is 2. The first-order valence-corrected chi connectivity index (χ1v) is 53.1. The number of primary amides is 2. The number of rotatable bonds is 32. The number of hydrogen-bond donors (Lipinski definition) is 17. The molecule has 43 nitrogen and oxygen atoms in total. The number of ether oxygens (including phenoxy) is 1. The van der Waals surface area contributed by atoms with Gasteiger partial charge in [0.15, 0.2) is 0 Å². The molecule has 4 aliphatic heterocycles. The second-order valence-electron chi connectivity index (χ2n) is 39.9. The van der Waals surface area contributed by atoms with Gasteiger partial charge < -0.3 is 124 Å². The van der Waals surface area contributed by atoms with Crippen LogP contribution in [0.15, 0.2) is 85.2 Å². The summed E-state index contributed by atoms with van der Waals surface area (Å²) in [7, 11) is 3.99. The molecule has 4 bridgehead atoms. The predicted octanol–water partition coefficient (Wildman–Crippen LogP) is 2.54. The maximum absolute atomic E-state index is 16.1. The fourth-order valence-electron chi connectivity index (χ4n) is 19.0. The van der Waals surface area contributed by atoms with Crippen molar-refractivity contribution in [1.82, 2.24) is 97.9 Å². The van der Waals surface area contributed by atoms with Crippen molar-refractivity contribution >= 4 is 146 Å². The number of alkyl carbamates (subject to hydrolysis) is 1. The number of nitrogens with two attached hydrogens (primary N) is 2. The third-order valence-electron chi connectivity index (χ3n) is 27.3. The van der Waals surface area contributed by atoms with Crippen molar-refractivity contribution in [3.8, 4) is 5.75 Å². The molecule has 0 spiro atoms. The van der Waals surface area contributed by atoms with Gasteiger partial charge in [0, 0.05) is 106 Å². The van der Waals surface area contributed by atoms with Gasteiger partial charge in [0.05, 0.1) is 38.0 Å². The molecular formula is C104H153N21O22S. The van der Waals surface area contributed by atoms with E-state index < -0.39 is 253 Å². The molecular weight excluding hydrogens is 1930 g/mol. The summed E-state index contributed by atoms with van der Waals surface area (Å²) >= 11 is 0.791. The molecule has 4 aliphatic rings. The number of aromatic amines is 1. The van der Waals surface area contributed by atoms with Crippen LogP contribution in [0.4, 0.5) is 4.79 Å². The number of phenols is 1. The molecule has 3 fully saturated rings. The fourth-order valence-corrected chi connectivity index (χ4v) is 19.9. The van der Waals surface area contributed by atoms with Crippen LogP contribution in [0.2, 0.25) is 0 Å². The summed E-state index contributed by atoms with van der Waals surface area (Å²) in [6.07, 6.45) is 10.00. The Balaban J connectivity index is 1.11. The monoisotopic (exact) mass is 2080 g/mol. The second kappa shape index (κ2) is 58.4. The lowest BCUT2D eigenvalue weighted by molar-refractivity contribution is -0.149. The third kappa shape index (κ3) is 34.9. The number of fused-ring (bicyclic) bond motifs is 11. The molecule has 15 atom stereocenters. The Labute approximate surface area is 867 Å². The van der Waals surface area contributed by atoms with Crippen molar-refractivity contribution in [2.75, 3.05) is 72.0 Å². The van der Waals surface area contributed by atoms with Gasteiger partial charge in [-0.2, -0.15) is 0 Å². The summed E-state index contributed by atoms with van der Waals surface area (Å²) in [6.45, 7) is 11.6. The number of carbonyl (C=O) groups is 19. The van der Waals surface area contributed by atoms with Gasteiger partial charge in [-0.05, 0) is 111 Å². The van der Waals surface area contributed by atoms with Gasteiger partial charge in [-0.1, -0.05) is 180 Å². The molecule has 3 saturated heterocycles. The van der Waals surface area contributed by atoms with Gasteiger partial charge in [0.1, 0.15) is 96.9 Å². The first kappa shape index (κ1) is 118. The molecule has 19 amide bonds. The average Bonchev–Trinajstić information content (AvgIpc) is 1.69. The topological polar surface area (TPSA) is 607 Å². The minimum Gasteiger partial charge on any atom is -0.508 e. The number of nitrogens with one attached hydrogen (secondary N) is 13. The number of unbranched alkanes of at least 4 members (excludes halogenated alkanes) is 11. The summed E-state index contributed by atoms with van der Waals surface area (Å²) in [5, 5.41) is 55.6. The molecule has 0 unspecified atom stereocenters. The zero-order valence-electron chi connectivity index (χ0n) is 87.0. The summed E-state index contributed by atoms with van der Waals surface area (Å²) in [5.74, 6) is -18.3. The molecule has 9 rings (SSSR count). The molecule has 148 heavy (non-hydrogen) atoms. The van der Waals surface area contributed by atoms with E-state index in [1.165, 1.54) is 75.0 Å². The number of likely N-dealkylation sites (N-methyl/N-ethyl adjacent to an activating group) is 3. The number of thioether (sulfide) groups is 1. The molecule has 5 aromatic rings. The number of hydrogen-bond acceptors (Lipinski definition) is 23. The van der Waals surface area contributed by atoms with Crippen LogP contribution in [0, 0.1) is 11.8 Å². The molecule has 3 aromatic carbocycles. The normalized spacial score (nSPS) is 24.2. The molecule has 0 aliphatic carbocycles. The molecule has 2 aromatic heterocycles. The summed E-state index contributed by atoms with van der Waals surface area (Å²) in [5.41, 5.74) is 13.8. The van der Waals surface area contributed by atoms with Crippen molar-refractivity contribution in [3.63, 3.8) is 0 Å². The van der Waals surface area contributed by atoms with Gasteiger partial charge in [0.25, 0.3) is 0 Å². The quantitative estimate of drug-likeness (QED) is 0.0275. The average molecular weight is 2080 g/mol. The zero-order chi connectivity index (χ0) is 108. The highest BCUT2D eigenvalue weighted by Gasteiger charge is 2.47. The van der Waals surface area contributed by atoms with Crippen molar-refractivity contribution in [3.05, 3.63) is 102 Å². The van der Waals surface area contributed by atoms with E-state index in [1.807, 2.05) is 13.8 Å². The number of H-pyrrole nitrogens is 1. The Hall–Kier alpha value is -13.4. The number of phenolic OH excluding ortho intramolecular Hbond substituents is 1. The summed E-state index contributed by atoms with van der Waals surface area (Å²) in [4.78, 5) is 290. The second-order valence-corrected chi connectivity index (χ2v) is 41.0.